The maximum Gasteiger partial charge on any atom is 0.0806 e. The molecule has 2 nitrogen and oxygen atoms in total. The average molecular weight is 116 g/mol. The summed E-state index contributed by atoms with van der Waals surface area (Å²) < 4.78 is 0. The first-order valence-corrected chi connectivity index (χ1v) is 3.30. The summed E-state index contributed by atoms with van der Waals surface area (Å²) in [7, 11) is 0. The predicted octanol–water partition coefficient (Wildman–Crippen LogP) is -1.05. The number of aliphatic hydroxyl groups excluding tert-OH is 1. The summed E-state index contributed by atoms with van der Waals surface area (Å²) >= 11 is 0. The van der Waals surface area contributed by atoms with Crippen molar-refractivity contribution in [2.45, 2.75) is 19.4 Å². The van der Waals surface area contributed by atoms with Gasteiger partial charge in [0.1, 0.15) is 0 Å². The molecule has 0 aliphatic carbocycles. The normalized spacial score (nSPS) is 39.8. The number of aliphatic hydroxyl groups is 1. The zero-order chi connectivity index (χ0) is 5.98. The first kappa shape index (κ1) is 6.05. The minimum atomic E-state index is -0.0278. The summed E-state index contributed by atoms with van der Waals surface area (Å²) in [6, 6.07) is 0. The van der Waals surface area contributed by atoms with Crippen LogP contribution in [0.1, 0.15) is 13.3 Å². The molecule has 1 aliphatic heterocycles. The van der Waals surface area contributed by atoms with Gasteiger partial charge in [0.15, 0.2) is 0 Å². The first-order chi connectivity index (χ1) is 3.80. The second-order valence-corrected chi connectivity index (χ2v) is 2.65. The molecule has 1 saturated heterocycles. The first-order valence-electron chi connectivity index (χ1n) is 3.30. The molecule has 3 N–H and O–H groups in total. The number of rotatable bonds is 0. The molecule has 1 aliphatic rings. The highest BCUT2D eigenvalue weighted by atomic mass is 16.3. The summed E-state index contributed by atoms with van der Waals surface area (Å²) in [6.45, 7) is 4.30. The lowest BCUT2D eigenvalue weighted by atomic mass is 9.99. The summed E-state index contributed by atoms with van der Waals surface area (Å²) in [4.78, 5) is 0. The van der Waals surface area contributed by atoms with E-state index in [0.29, 0.717) is 5.92 Å². The monoisotopic (exact) mass is 116 g/mol. The van der Waals surface area contributed by atoms with Crippen molar-refractivity contribution < 1.29 is 10.4 Å². The molecular formula is C6H14NO+. The van der Waals surface area contributed by atoms with E-state index in [9.17, 15) is 0 Å². The average Bonchev–Trinajstić information content (AvgIpc) is 1.77. The van der Waals surface area contributed by atoms with Crippen LogP contribution >= 0.6 is 0 Å². The second kappa shape index (κ2) is 2.46. The number of piperidine rings is 1. The van der Waals surface area contributed by atoms with Crippen LogP contribution in [0, 0.1) is 5.92 Å². The largest absolute Gasteiger partial charge is 0.392 e. The molecule has 8 heavy (non-hydrogen) atoms. The highest BCUT2D eigenvalue weighted by molar-refractivity contribution is 4.64. The zero-order valence-electron chi connectivity index (χ0n) is 5.30. The standard InChI is InChI=1S/C6H13NO/c1-5-4-7-3-2-6(5)8/h5-8H,2-4H2,1H3/p+1/t5-,6+/m1/s1. The van der Waals surface area contributed by atoms with Gasteiger partial charge in [-0.2, -0.15) is 0 Å². The van der Waals surface area contributed by atoms with E-state index in [1.807, 2.05) is 0 Å². The van der Waals surface area contributed by atoms with Gasteiger partial charge in [0.2, 0.25) is 0 Å². The van der Waals surface area contributed by atoms with Crippen LogP contribution in [0.2, 0.25) is 0 Å². The van der Waals surface area contributed by atoms with Gasteiger partial charge in [-0.3, -0.25) is 0 Å². The lowest BCUT2D eigenvalue weighted by Gasteiger charge is -2.21. The van der Waals surface area contributed by atoms with Crippen LogP contribution in [0.3, 0.4) is 0 Å². The van der Waals surface area contributed by atoms with E-state index < -0.39 is 0 Å². The molecule has 48 valence electrons. The minimum Gasteiger partial charge on any atom is -0.392 e. The van der Waals surface area contributed by atoms with Crippen molar-refractivity contribution in [1.29, 1.82) is 0 Å². The summed E-state index contributed by atoms with van der Waals surface area (Å²) in [5.41, 5.74) is 0. The fraction of sp³-hybridized carbons (Fsp3) is 1.00. The number of hydrogen-bond donors (Lipinski definition) is 2. The maximum atomic E-state index is 9.16. The van der Waals surface area contributed by atoms with Crippen LogP contribution in [0.25, 0.3) is 0 Å². The van der Waals surface area contributed by atoms with Crippen LogP contribution in [0.15, 0.2) is 0 Å². The Labute approximate surface area is 49.9 Å². The fourth-order valence-electron chi connectivity index (χ4n) is 1.11. The molecule has 0 aromatic heterocycles. The van der Waals surface area contributed by atoms with Crippen molar-refractivity contribution >= 4 is 0 Å². The highest BCUT2D eigenvalue weighted by Gasteiger charge is 2.20. The van der Waals surface area contributed by atoms with E-state index in [4.69, 9.17) is 5.11 Å². The molecule has 0 aromatic rings. The van der Waals surface area contributed by atoms with Gasteiger partial charge < -0.3 is 10.4 Å². The molecule has 0 spiro atoms. The van der Waals surface area contributed by atoms with E-state index in [2.05, 4.69) is 12.2 Å². The maximum absolute atomic E-state index is 9.16. The second-order valence-electron chi connectivity index (χ2n) is 2.65. The Bertz CT molecular complexity index is 64.9. The molecule has 1 rings (SSSR count). The molecule has 0 amide bonds. The molecule has 2 heteroatoms. The van der Waals surface area contributed by atoms with E-state index in [0.717, 1.165) is 19.5 Å². The number of hydrogen-bond acceptors (Lipinski definition) is 1. The van der Waals surface area contributed by atoms with Crippen LogP contribution in [0.4, 0.5) is 0 Å². The Balaban J connectivity index is 2.28. The van der Waals surface area contributed by atoms with Gasteiger partial charge in [0.25, 0.3) is 0 Å². The third-order valence-corrected chi connectivity index (χ3v) is 1.86. The molecule has 0 bridgehead atoms. The van der Waals surface area contributed by atoms with Crippen molar-refractivity contribution in [1.82, 2.24) is 0 Å². The van der Waals surface area contributed by atoms with Gasteiger partial charge in [-0.1, -0.05) is 6.92 Å². The van der Waals surface area contributed by atoms with Gasteiger partial charge in [0.05, 0.1) is 19.2 Å². The topological polar surface area (TPSA) is 36.8 Å². The van der Waals surface area contributed by atoms with Gasteiger partial charge in [-0.15, -0.1) is 0 Å². The van der Waals surface area contributed by atoms with E-state index >= 15 is 0 Å². The van der Waals surface area contributed by atoms with E-state index in [1.54, 1.807) is 0 Å². The van der Waals surface area contributed by atoms with Crippen LogP contribution < -0.4 is 5.32 Å². The minimum absolute atomic E-state index is 0.0278. The van der Waals surface area contributed by atoms with Crippen molar-refractivity contribution in [2.24, 2.45) is 5.92 Å². The van der Waals surface area contributed by atoms with Gasteiger partial charge in [-0.05, 0) is 0 Å². The molecular weight excluding hydrogens is 102 g/mol. The molecule has 1 heterocycles. The Morgan fingerprint density at radius 3 is 2.75 bits per heavy atom. The van der Waals surface area contributed by atoms with Crippen molar-refractivity contribution in [3.05, 3.63) is 0 Å². The Kier molecular flexibility index (Phi) is 1.86. The highest BCUT2D eigenvalue weighted by Crippen LogP contribution is 2.04. The van der Waals surface area contributed by atoms with Crippen molar-refractivity contribution in [3.63, 3.8) is 0 Å². The Morgan fingerprint density at radius 2 is 2.38 bits per heavy atom. The Morgan fingerprint density at radius 1 is 1.62 bits per heavy atom. The van der Waals surface area contributed by atoms with Crippen molar-refractivity contribution in [3.8, 4) is 0 Å². The molecule has 0 unspecified atom stereocenters. The quantitative estimate of drug-likeness (QED) is 0.416. The zero-order valence-corrected chi connectivity index (χ0v) is 5.30. The fourth-order valence-corrected chi connectivity index (χ4v) is 1.11. The van der Waals surface area contributed by atoms with Crippen molar-refractivity contribution in [2.75, 3.05) is 13.1 Å². The lowest BCUT2D eigenvalue weighted by Crippen LogP contribution is -2.88. The molecule has 1 fully saturated rings. The van der Waals surface area contributed by atoms with Gasteiger partial charge >= 0.3 is 0 Å². The molecule has 0 saturated carbocycles. The molecule has 0 aromatic carbocycles. The molecule has 0 radical (unpaired) electrons. The summed E-state index contributed by atoms with van der Waals surface area (Å²) in [5.74, 6) is 0.503. The van der Waals surface area contributed by atoms with E-state index in [-0.39, 0.29) is 6.10 Å². The van der Waals surface area contributed by atoms with Crippen LogP contribution in [0.5, 0.6) is 0 Å². The molecule has 2 atom stereocenters. The third-order valence-electron chi connectivity index (χ3n) is 1.86. The SMILES string of the molecule is C[C@@H]1C[NH2+]CC[C@@H]1O. The van der Waals surface area contributed by atoms with E-state index in [1.165, 1.54) is 0 Å². The third kappa shape index (κ3) is 1.20. The van der Waals surface area contributed by atoms with Gasteiger partial charge in [-0.25, -0.2) is 0 Å². The Hall–Kier alpha value is -0.0800. The number of nitrogens with two attached hydrogens (primary N) is 1. The van der Waals surface area contributed by atoms with Gasteiger partial charge in [0, 0.05) is 12.3 Å². The van der Waals surface area contributed by atoms with Crippen LogP contribution in [-0.2, 0) is 0 Å². The van der Waals surface area contributed by atoms with Crippen LogP contribution in [-0.4, -0.2) is 24.3 Å². The predicted molar refractivity (Wildman–Crippen MR) is 31.4 cm³/mol. The lowest BCUT2D eigenvalue weighted by molar-refractivity contribution is -0.671. The summed E-state index contributed by atoms with van der Waals surface area (Å²) in [6.07, 6.45) is 0.946. The smallest absolute Gasteiger partial charge is 0.0806 e. The summed E-state index contributed by atoms with van der Waals surface area (Å²) in [5, 5.41) is 11.4. The number of quaternary nitrogens is 1.